The topological polar surface area (TPSA) is 138 Å². The molecule has 2 N–H and O–H groups in total. The van der Waals surface area contributed by atoms with Gasteiger partial charge in [0.05, 0.1) is 12.9 Å². The third kappa shape index (κ3) is 1.64. The fraction of sp³-hybridized carbons (Fsp3) is 0.444. The van der Waals surface area contributed by atoms with Crippen molar-refractivity contribution in [3.63, 3.8) is 0 Å². The third-order valence-electron chi connectivity index (χ3n) is 3.04. The summed E-state index contributed by atoms with van der Waals surface area (Å²) in [6.45, 7) is 0.0326. The van der Waals surface area contributed by atoms with Crippen LogP contribution in [0.5, 0.6) is 0 Å². The maximum absolute atomic E-state index is 10.9. The summed E-state index contributed by atoms with van der Waals surface area (Å²) in [5.41, 5.74) is 6.48. The molecule has 3 rings (SSSR count). The third-order valence-corrected chi connectivity index (χ3v) is 3.04. The van der Waals surface area contributed by atoms with Crippen molar-refractivity contribution in [3.8, 4) is 0 Å². The van der Waals surface area contributed by atoms with Gasteiger partial charge in [-0.05, 0) is 0 Å². The Hall–Kier alpha value is -2.49. The summed E-state index contributed by atoms with van der Waals surface area (Å²) in [5, 5.41) is 5.75. The van der Waals surface area contributed by atoms with Gasteiger partial charge in [0, 0.05) is 0 Å². The van der Waals surface area contributed by atoms with Crippen molar-refractivity contribution < 1.29 is 4.74 Å². The molecule has 1 saturated heterocycles. The van der Waals surface area contributed by atoms with E-state index in [1.165, 1.54) is 17.2 Å². The zero-order chi connectivity index (χ0) is 13.4. The summed E-state index contributed by atoms with van der Waals surface area (Å²) in [4.78, 5) is 33.4. The van der Waals surface area contributed by atoms with Crippen LogP contribution in [0.1, 0.15) is 6.23 Å². The van der Waals surface area contributed by atoms with E-state index in [-0.39, 0.29) is 12.4 Å². The molecule has 10 heteroatoms. The average Bonchev–Trinajstić information content (AvgIpc) is 3.01. The highest BCUT2D eigenvalue weighted by molar-refractivity contribution is 5.81. The van der Waals surface area contributed by atoms with Gasteiger partial charge in [-0.1, -0.05) is 10.4 Å². The number of ether oxygens (including phenoxy) is 1. The van der Waals surface area contributed by atoms with Gasteiger partial charge >= 0.3 is 0 Å². The number of hydrogen-bond acceptors (Lipinski definition) is 9. The molecule has 0 amide bonds. The number of imidazole rings is 1. The fourth-order valence-electron chi connectivity index (χ4n) is 2.10. The van der Waals surface area contributed by atoms with Crippen LogP contribution in [0.3, 0.4) is 0 Å². The van der Waals surface area contributed by atoms with Crippen LogP contribution in [0.25, 0.3) is 11.2 Å². The van der Waals surface area contributed by atoms with Crippen molar-refractivity contribution in [1.29, 1.82) is 0 Å². The van der Waals surface area contributed by atoms with Gasteiger partial charge in [-0.25, -0.2) is 15.0 Å². The molecule has 19 heavy (non-hydrogen) atoms. The number of nitroso groups, excluding NO2 is 2. The highest BCUT2D eigenvalue weighted by Gasteiger charge is 2.41. The van der Waals surface area contributed by atoms with Gasteiger partial charge in [0.15, 0.2) is 23.7 Å². The Labute approximate surface area is 105 Å². The van der Waals surface area contributed by atoms with E-state index in [0.717, 1.165) is 0 Å². The summed E-state index contributed by atoms with van der Waals surface area (Å²) >= 11 is 0. The largest absolute Gasteiger partial charge is 0.382 e. The second kappa shape index (κ2) is 4.31. The number of nitrogen functional groups attached to an aromatic ring is 1. The molecule has 2 aromatic heterocycles. The van der Waals surface area contributed by atoms with E-state index >= 15 is 0 Å². The van der Waals surface area contributed by atoms with Crippen molar-refractivity contribution in [2.75, 3.05) is 12.3 Å². The number of anilines is 1. The maximum atomic E-state index is 10.9. The van der Waals surface area contributed by atoms with Crippen molar-refractivity contribution in [2.45, 2.75) is 18.3 Å². The summed E-state index contributed by atoms with van der Waals surface area (Å²) in [6.07, 6.45) is 1.94. The molecule has 98 valence electrons. The number of rotatable bonds is 3. The van der Waals surface area contributed by atoms with Gasteiger partial charge in [-0.3, -0.25) is 4.57 Å². The lowest BCUT2D eigenvalue weighted by Crippen LogP contribution is -2.25. The summed E-state index contributed by atoms with van der Waals surface area (Å²) in [7, 11) is 0. The minimum absolute atomic E-state index is 0.0326. The molecule has 3 atom stereocenters. The highest BCUT2D eigenvalue weighted by atomic mass is 16.5. The second-order valence-corrected chi connectivity index (χ2v) is 4.08. The normalized spacial score (nSPS) is 26.6. The zero-order valence-electron chi connectivity index (χ0n) is 9.58. The van der Waals surface area contributed by atoms with Crippen LogP contribution >= 0.6 is 0 Å². The SMILES string of the molecule is Nc1ncnc2c1ncn2[C@@H]1OCC(N=O)[C@@H]1N=O. The van der Waals surface area contributed by atoms with E-state index in [1.54, 1.807) is 0 Å². The molecule has 3 heterocycles. The predicted octanol–water partition coefficient (Wildman–Crippen LogP) is 0.207. The lowest BCUT2D eigenvalue weighted by atomic mass is 10.1. The Morgan fingerprint density at radius 1 is 1.32 bits per heavy atom. The lowest BCUT2D eigenvalue weighted by Gasteiger charge is -2.14. The molecule has 1 unspecified atom stereocenters. The molecule has 0 aliphatic carbocycles. The minimum Gasteiger partial charge on any atom is -0.382 e. The van der Waals surface area contributed by atoms with Crippen molar-refractivity contribution >= 4 is 17.0 Å². The Bertz CT molecular complexity index is 642. The first-order valence-corrected chi connectivity index (χ1v) is 5.45. The quantitative estimate of drug-likeness (QED) is 0.780. The van der Waals surface area contributed by atoms with E-state index in [0.29, 0.717) is 11.2 Å². The number of nitrogens with two attached hydrogens (primary N) is 1. The lowest BCUT2D eigenvalue weighted by molar-refractivity contribution is 0.0512. The number of nitrogens with zero attached hydrogens (tertiary/aromatic N) is 6. The maximum Gasteiger partial charge on any atom is 0.167 e. The van der Waals surface area contributed by atoms with Gasteiger partial charge < -0.3 is 10.5 Å². The predicted molar refractivity (Wildman–Crippen MR) is 63.9 cm³/mol. The molecular formula is C9H9N7O3. The van der Waals surface area contributed by atoms with E-state index in [4.69, 9.17) is 10.5 Å². The molecule has 0 spiro atoms. The number of aromatic nitrogens is 4. The smallest absolute Gasteiger partial charge is 0.167 e. The molecule has 10 nitrogen and oxygen atoms in total. The minimum atomic E-state index is -0.911. The van der Waals surface area contributed by atoms with E-state index < -0.39 is 18.3 Å². The molecule has 2 aromatic rings. The van der Waals surface area contributed by atoms with Crippen LogP contribution in [0, 0.1) is 9.81 Å². The van der Waals surface area contributed by atoms with Crippen molar-refractivity contribution in [3.05, 3.63) is 22.5 Å². The van der Waals surface area contributed by atoms with E-state index in [1.807, 2.05) is 0 Å². The molecule has 1 aliphatic heterocycles. The van der Waals surface area contributed by atoms with Gasteiger partial charge in [-0.2, -0.15) is 9.81 Å². The molecule has 1 fully saturated rings. The van der Waals surface area contributed by atoms with Gasteiger partial charge in [0.1, 0.15) is 17.9 Å². The highest BCUT2D eigenvalue weighted by Crippen LogP contribution is 2.31. The van der Waals surface area contributed by atoms with Crippen molar-refractivity contribution in [2.24, 2.45) is 10.4 Å². The Balaban J connectivity index is 2.07. The van der Waals surface area contributed by atoms with Crippen molar-refractivity contribution in [1.82, 2.24) is 19.5 Å². The molecule has 0 saturated carbocycles. The summed E-state index contributed by atoms with van der Waals surface area (Å²) < 4.78 is 6.89. The van der Waals surface area contributed by atoms with Crippen LogP contribution in [0.15, 0.2) is 23.0 Å². The standard InChI is InChI=1S/C9H9N7O3/c10-7-6-8(12-2-11-7)16(3-13-6)9-5(15-18)4(14-17)1-19-9/h2-5,9H,1H2,(H2,10,11,12)/t4?,5-,9+/m0/s1. The Kier molecular flexibility index (Phi) is 2.63. The fourth-order valence-corrected chi connectivity index (χ4v) is 2.10. The number of hydrogen-bond donors (Lipinski definition) is 1. The first-order valence-electron chi connectivity index (χ1n) is 5.45. The first kappa shape index (κ1) is 11.6. The average molecular weight is 263 g/mol. The van der Waals surface area contributed by atoms with Crippen LogP contribution in [-0.2, 0) is 4.74 Å². The van der Waals surface area contributed by atoms with Crippen LogP contribution in [0.4, 0.5) is 5.82 Å². The van der Waals surface area contributed by atoms with Gasteiger partial charge in [0.2, 0.25) is 0 Å². The van der Waals surface area contributed by atoms with Gasteiger partial charge in [0.25, 0.3) is 0 Å². The Morgan fingerprint density at radius 3 is 2.89 bits per heavy atom. The second-order valence-electron chi connectivity index (χ2n) is 4.08. The van der Waals surface area contributed by atoms with Crippen LogP contribution < -0.4 is 5.73 Å². The van der Waals surface area contributed by atoms with E-state index in [9.17, 15) is 9.81 Å². The molecular weight excluding hydrogens is 254 g/mol. The van der Waals surface area contributed by atoms with Crippen LogP contribution in [-0.4, -0.2) is 38.2 Å². The zero-order valence-corrected chi connectivity index (χ0v) is 9.58. The molecule has 0 bridgehead atoms. The van der Waals surface area contributed by atoms with E-state index in [2.05, 4.69) is 25.3 Å². The van der Waals surface area contributed by atoms with Crippen LogP contribution in [0.2, 0.25) is 0 Å². The summed E-state index contributed by atoms with van der Waals surface area (Å²) in [6, 6.07) is -1.72. The first-order chi connectivity index (χ1) is 9.26. The Morgan fingerprint density at radius 2 is 2.16 bits per heavy atom. The molecule has 0 radical (unpaired) electrons. The monoisotopic (exact) mass is 263 g/mol. The molecule has 0 aromatic carbocycles. The summed E-state index contributed by atoms with van der Waals surface area (Å²) in [5.74, 6) is 0.224. The molecule has 1 aliphatic rings. The number of fused-ring (bicyclic) bond motifs is 1. The van der Waals surface area contributed by atoms with Gasteiger partial charge in [-0.15, -0.1) is 0 Å².